The molecule has 5 nitrogen and oxygen atoms in total. The lowest BCUT2D eigenvalue weighted by atomic mass is 9.98. The van der Waals surface area contributed by atoms with E-state index in [-0.39, 0.29) is 11.3 Å². The van der Waals surface area contributed by atoms with Gasteiger partial charge in [0.05, 0.1) is 11.0 Å². The Hall–Kier alpha value is -3.18. The van der Waals surface area contributed by atoms with Gasteiger partial charge in [0.15, 0.2) is 0 Å². The van der Waals surface area contributed by atoms with Gasteiger partial charge < -0.3 is 5.32 Å². The van der Waals surface area contributed by atoms with Crippen LogP contribution in [0.15, 0.2) is 78.9 Å². The summed E-state index contributed by atoms with van der Waals surface area (Å²) in [4.78, 5) is 23.4. The molecule has 0 fully saturated rings. The molecule has 26 heavy (non-hydrogen) atoms. The maximum absolute atomic E-state index is 12.8. The SMILES string of the molecule is O=C(NC(c1ccccc1)c1ccc(Cl)cc1)c1ccccc1[N+](=O)[O-]. The highest BCUT2D eigenvalue weighted by atomic mass is 35.5. The molecule has 0 radical (unpaired) electrons. The zero-order valence-electron chi connectivity index (χ0n) is 13.6. The fraction of sp³-hybridized carbons (Fsp3) is 0.0500. The lowest BCUT2D eigenvalue weighted by Gasteiger charge is -2.20. The number of carbonyl (C=O) groups is 1. The number of rotatable bonds is 5. The normalized spacial score (nSPS) is 11.6. The van der Waals surface area contributed by atoms with Gasteiger partial charge in [0.1, 0.15) is 5.56 Å². The lowest BCUT2D eigenvalue weighted by Crippen LogP contribution is -2.29. The van der Waals surface area contributed by atoms with Gasteiger partial charge in [-0.3, -0.25) is 14.9 Å². The van der Waals surface area contributed by atoms with E-state index in [2.05, 4.69) is 5.32 Å². The Kier molecular flexibility index (Phi) is 5.29. The summed E-state index contributed by atoms with van der Waals surface area (Å²) in [6, 6.07) is 21.9. The molecule has 1 amide bonds. The number of nitrogens with one attached hydrogen (secondary N) is 1. The average molecular weight is 367 g/mol. The lowest BCUT2D eigenvalue weighted by molar-refractivity contribution is -0.385. The molecule has 1 N–H and O–H groups in total. The van der Waals surface area contributed by atoms with Crippen molar-refractivity contribution < 1.29 is 9.72 Å². The molecule has 1 atom stereocenters. The van der Waals surface area contributed by atoms with Crippen molar-refractivity contribution in [1.82, 2.24) is 5.32 Å². The highest BCUT2D eigenvalue weighted by Gasteiger charge is 2.23. The summed E-state index contributed by atoms with van der Waals surface area (Å²) in [7, 11) is 0. The zero-order chi connectivity index (χ0) is 18.5. The van der Waals surface area contributed by atoms with Crippen LogP contribution < -0.4 is 5.32 Å². The van der Waals surface area contributed by atoms with Gasteiger partial charge in [0.2, 0.25) is 0 Å². The first kappa shape index (κ1) is 17.6. The van der Waals surface area contributed by atoms with Crippen molar-refractivity contribution in [3.63, 3.8) is 0 Å². The number of nitro benzene ring substituents is 1. The number of para-hydroxylation sites is 1. The van der Waals surface area contributed by atoms with Gasteiger partial charge in [-0.05, 0) is 29.3 Å². The molecule has 1 unspecified atom stereocenters. The Labute approximate surface area is 155 Å². The number of amides is 1. The topological polar surface area (TPSA) is 72.2 Å². The Bertz CT molecular complexity index is 927. The fourth-order valence-electron chi connectivity index (χ4n) is 2.69. The van der Waals surface area contributed by atoms with E-state index in [0.717, 1.165) is 11.1 Å². The van der Waals surface area contributed by atoms with E-state index in [1.165, 1.54) is 18.2 Å². The summed E-state index contributed by atoms with van der Waals surface area (Å²) >= 11 is 5.96. The minimum Gasteiger partial charge on any atom is -0.341 e. The van der Waals surface area contributed by atoms with Crippen molar-refractivity contribution in [2.24, 2.45) is 0 Å². The molecule has 3 aromatic rings. The molecule has 0 bridgehead atoms. The van der Waals surface area contributed by atoms with Crippen LogP contribution >= 0.6 is 11.6 Å². The predicted octanol–water partition coefficient (Wildman–Crippen LogP) is 4.77. The number of carbonyl (C=O) groups excluding carboxylic acids is 1. The van der Waals surface area contributed by atoms with Crippen molar-refractivity contribution >= 4 is 23.2 Å². The molecule has 0 aliphatic rings. The molecule has 0 aliphatic heterocycles. The first-order chi connectivity index (χ1) is 12.6. The fourth-order valence-corrected chi connectivity index (χ4v) is 2.82. The second-order valence-corrected chi connectivity index (χ2v) is 6.08. The van der Waals surface area contributed by atoms with E-state index in [1.54, 1.807) is 18.2 Å². The van der Waals surface area contributed by atoms with Crippen LogP contribution in [0.3, 0.4) is 0 Å². The Morgan fingerprint density at radius 2 is 1.46 bits per heavy atom. The summed E-state index contributed by atoms with van der Waals surface area (Å²) in [5.74, 6) is -0.513. The number of benzene rings is 3. The van der Waals surface area contributed by atoms with Gasteiger partial charge in [-0.2, -0.15) is 0 Å². The van der Waals surface area contributed by atoms with Crippen molar-refractivity contribution in [2.75, 3.05) is 0 Å². The van der Waals surface area contributed by atoms with Crippen molar-refractivity contribution in [1.29, 1.82) is 0 Å². The van der Waals surface area contributed by atoms with Crippen LogP contribution in [-0.2, 0) is 0 Å². The van der Waals surface area contributed by atoms with Crippen LogP contribution in [-0.4, -0.2) is 10.8 Å². The third-order valence-corrected chi connectivity index (χ3v) is 4.21. The van der Waals surface area contributed by atoms with E-state index < -0.39 is 16.9 Å². The standard InChI is InChI=1S/C20H15ClN2O3/c21-16-12-10-15(11-13-16)19(14-6-2-1-3-7-14)22-20(24)17-8-4-5-9-18(17)23(25)26/h1-13,19H,(H,22,24). The summed E-state index contributed by atoms with van der Waals surface area (Å²) in [6.07, 6.45) is 0. The largest absolute Gasteiger partial charge is 0.341 e. The third-order valence-electron chi connectivity index (χ3n) is 3.96. The second kappa shape index (κ2) is 7.80. The molecule has 0 saturated heterocycles. The summed E-state index contributed by atoms with van der Waals surface area (Å²) in [6.45, 7) is 0. The van der Waals surface area contributed by atoms with E-state index in [4.69, 9.17) is 11.6 Å². The Morgan fingerprint density at radius 1 is 0.885 bits per heavy atom. The second-order valence-electron chi connectivity index (χ2n) is 5.64. The van der Waals surface area contributed by atoms with Crippen LogP contribution in [0.5, 0.6) is 0 Å². The zero-order valence-corrected chi connectivity index (χ0v) is 14.4. The molecule has 0 heterocycles. The number of nitro groups is 1. The van der Waals surface area contributed by atoms with Crippen LogP contribution in [0, 0.1) is 10.1 Å². The molecule has 3 rings (SSSR count). The molecule has 6 heteroatoms. The van der Waals surface area contributed by atoms with Crippen LogP contribution in [0.4, 0.5) is 5.69 Å². The minimum absolute atomic E-state index is 0.0207. The Morgan fingerprint density at radius 3 is 2.12 bits per heavy atom. The number of hydrogen-bond donors (Lipinski definition) is 1. The highest BCUT2D eigenvalue weighted by molar-refractivity contribution is 6.30. The van der Waals surface area contributed by atoms with Crippen LogP contribution in [0.1, 0.15) is 27.5 Å². The molecule has 0 spiro atoms. The van der Waals surface area contributed by atoms with E-state index in [9.17, 15) is 14.9 Å². The van der Waals surface area contributed by atoms with Crippen LogP contribution in [0.25, 0.3) is 0 Å². The van der Waals surface area contributed by atoms with Crippen molar-refractivity contribution in [2.45, 2.75) is 6.04 Å². The minimum atomic E-state index is -0.561. The molecular formula is C20H15ClN2O3. The third kappa shape index (κ3) is 3.90. The van der Waals surface area contributed by atoms with Gasteiger partial charge in [0, 0.05) is 11.1 Å². The first-order valence-corrected chi connectivity index (χ1v) is 8.29. The van der Waals surface area contributed by atoms with E-state index >= 15 is 0 Å². The molecular weight excluding hydrogens is 352 g/mol. The van der Waals surface area contributed by atoms with E-state index in [0.29, 0.717) is 5.02 Å². The van der Waals surface area contributed by atoms with E-state index in [1.807, 2.05) is 42.5 Å². The summed E-state index contributed by atoms with van der Waals surface area (Å²) in [5, 5.41) is 14.7. The first-order valence-electron chi connectivity index (χ1n) is 7.91. The maximum Gasteiger partial charge on any atom is 0.282 e. The highest BCUT2D eigenvalue weighted by Crippen LogP contribution is 2.25. The number of halogens is 1. The Balaban J connectivity index is 1.97. The monoisotopic (exact) mass is 366 g/mol. The molecule has 0 aliphatic carbocycles. The van der Waals surface area contributed by atoms with Gasteiger partial charge in [-0.1, -0.05) is 66.2 Å². The van der Waals surface area contributed by atoms with Crippen molar-refractivity contribution in [3.8, 4) is 0 Å². The van der Waals surface area contributed by atoms with Crippen LogP contribution in [0.2, 0.25) is 5.02 Å². The predicted molar refractivity (Wildman–Crippen MR) is 100 cm³/mol. The molecule has 0 aromatic heterocycles. The average Bonchev–Trinajstić information content (AvgIpc) is 2.67. The van der Waals surface area contributed by atoms with Gasteiger partial charge in [-0.25, -0.2) is 0 Å². The number of hydrogen-bond acceptors (Lipinski definition) is 3. The van der Waals surface area contributed by atoms with Crippen molar-refractivity contribution in [3.05, 3.63) is 111 Å². The quantitative estimate of drug-likeness (QED) is 0.522. The molecule has 130 valence electrons. The van der Waals surface area contributed by atoms with Gasteiger partial charge in [-0.15, -0.1) is 0 Å². The summed E-state index contributed by atoms with van der Waals surface area (Å²) in [5.41, 5.74) is 1.48. The van der Waals surface area contributed by atoms with Gasteiger partial charge >= 0.3 is 0 Å². The van der Waals surface area contributed by atoms with Gasteiger partial charge in [0.25, 0.3) is 11.6 Å². The smallest absolute Gasteiger partial charge is 0.282 e. The summed E-state index contributed by atoms with van der Waals surface area (Å²) < 4.78 is 0. The molecule has 3 aromatic carbocycles. The molecule has 0 saturated carbocycles. The number of nitrogens with zero attached hydrogens (tertiary/aromatic N) is 1. The maximum atomic E-state index is 12.8.